The van der Waals surface area contributed by atoms with E-state index in [4.69, 9.17) is 0 Å². The first kappa shape index (κ1) is 12.6. The summed E-state index contributed by atoms with van der Waals surface area (Å²) in [7, 11) is 1.90. The quantitative estimate of drug-likeness (QED) is 0.747. The molecule has 2 aliphatic rings. The number of hydrogen-bond acceptors (Lipinski definition) is 2. The smallest absolute Gasteiger partial charge is 0.317 e. The Labute approximate surface area is 97.2 Å². The van der Waals surface area contributed by atoms with Crippen LogP contribution >= 0.6 is 12.4 Å². The molecule has 1 saturated carbocycles. The van der Waals surface area contributed by atoms with Crippen molar-refractivity contribution in [3.8, 4) is 0 Å². The molecular formula is C10H20ClN3O. The van der Waals surface area contributed by atoms with Crippen LogP contribution in [-0.4, -0.2) is 43.2 Å². The minimum atomic E-state index is 0. The number of likely N-dealkylation sites (N-methyl/N-ethyl adjacent to an activating group) is 1. The number of carbonyl (C=O) groups excluding carboxylic acids is 1. The van der Waals surface area contributed by atoms with Crippen LogP contribution in [0.1, 0.15) is 25.7 Å². The lowest BCUT2D eigenvalue weighted by molar-refractivity contribution is 0.178. The van der Waals surface area contributed by atoms with Crippen molar-refractivity contribution >= 4 is 18.4 Å². The molecule has 88 valence electrons. The predicted molar refractivity (Wildman–Crippen MR) is 62.5 cm³/mol. The van der Waals surface area contributed by atoms with Crippen molar-refractivity contribution in [3.05, 3.63) is 0 Å². The largest absolute Gasteiger partial charge is 0.335 e. The van der Waals surface area contributed by atoms with Crippen LogP contribution in [0.5, 0.6) is 0 Å². The summed E-state index contributed by atoms with van der Waals surface area (Å²) in [5.41, 5.74) is 0. The van der Waals surface area contributed by atoms with E-state index in [1.54, 1.807) is 0 Å². The van der Waals surface area contributed by atoms with Gasteiger partial charge in [-0.05, 0) is 32.2 Å². The zero-order valence-electron chi connectivity index (χ0n) is 9.16. The molecular weight excluding hydrogens is 214 g/mol. The lowest BCUT2D eigenvalue weighted by atomic mass is 10.1. The number of carbonyl (C=O) groups is 1. The average Bonchev–Trinajstić information content (AvgIpc) is 3.02. The van der Waals surface area contributed by atoms with Gasteiger partial charge in [-0.1, -0.05) is 0 Å². The molecule has 5 heteroatoms. The number of nitrogens with zero attached hydrogens (tertiary/aromatic N) is 1. The Morgan fingerprint density at radius 1 is 1.40 bits per heavy atom. The molecule has 0 unspecified atom stereocenters. The van der Waals surface area contributed by atoms with Crippen LogP contribution in [0.15, 0.2) is 0 Å². The number of amides is 2. The van der Waals surface area contributed by atoms with Crippen LogP contribution < -0.4 is 10.6 Å². The van der Waals surface area contributed by atoms with Crippen LogP contribution in [0.25, 0.3) is 0 Å². The summed E-state index contributed by atoms with van der Waals surface area (Å²) in [5, 5.41) is 6.33. The molecule has 0 bridgehead atoms. The molecule has 2 rings (SSSR count). The molecule has 1 aliphatic carbocycles. The number of halogens is 1. The zero-order chi connectivity index (χ0) is 9.97. The van der Waals surface area contributed by atoms with E-state index < -0.39 is 0 Å². The van der Waals surface area contributed by atoms with Gasteiger partial charge >= 0.3 is 6.03 Å². The molecule has 0 spiro atoms. The Balaban J connectivity index is 0.00000112. The van der Waals surface area contributed by atoms with Gasteiger partial charge in [-0.3, -0.25) is 0 Å². The van der Waals surface area contributed by atoms with E-state index >= 15 is 0 Å². The van der Waals surface area contributed by atoms with Crippen LogP contribution in [0, 0.1) is 0 Å². The van der Waals surface area contributed by atoms with E-state index in [2.05, 4.69) is 10.6 Å². The van der Waals surface area contributed by atoms with Crippen LogP contribution in [0.2, 0.25) is 0 Å². The first-order valence-electron chi connectivity index (χ1n) is 5.51. The van der Waals surface area contributed by atoms with Gasteiger partial charge in [0.25, 0.3) is 0 Å². The van der Waals surface area contributed by atoms with Crippen LogP contribution in [0.4, 0.5) is 4.79 Å². The maximum absolute atomic E-state index is 11.7. The monoisotopic (exact) mass is 233 g/mol. The van der Waals surface area contributed by atoms with Gasteiger partial charge in [-0.15, -0.1) is 12.4 Å². The Hall–Kier alpha value is -0.480. The van der Waals surface area contributed by atoms with Gasteiger partial charge in [-0.2, -0.15) is 0 Å². The molecule has 15 heavy (non-hydrogen) atoms. The van der Waals surface area contributed by atoms with Crippen LogP contribution in [0.3, 0.4) is 0 Å². The summed E-state index contributed by atoms with van der Waals surface area (Å²) < 4.78 is 0. The second-order valence-corrected chi connectivity index (χ2v) is 4.33. The fraction of sp³-hybridized carbons (Fsp3) is 0.900. The highest BCUT2D eigenvalue weighted by Gasteiger charge is 2.27. The fourth-order valence-corrected chi connectivity index (χ4v) is 1.83. The SMILES string of the molecule is CN(C(=O)NC1CC1)[C@H]1CCCNC1.Cl. The third kappa shape index (κ3) is 3.54. The fourth-order valence-electron chi connectivity index (χ4n) is 1.83. The summed E-state index contributed by atoms with van der Waals surface area (Å²) in [6.07, 6.45) is 4.61. The molecule has 1 atom stereocenters. The lowest BCUT2D eigenvalue weighted by Gasteiger charge is -2.31. The molecule has 4 nitrogen and oxygen atoms in total. The maximum Gasteiger partial charge on any atom is 0.317 e. The molecule has 1 aliphatic heterocycles. The molecule has 1 heterocycles. The third-order valence-electron chi connectivity index (χ3n) is 3.04. The number of urea groups is 1. The van der Waals surface area contributed by atoms with E-state index in [1.165, 1.54) is 6.42 Å². The normalized spacial score (nSPS) is 25.3. The first-order valence-corrected chi connectivity index (χ1v) is 5.51. The second kappa shape index (κ2) is 5.56. The molecule has 0 radical (unpaired) electrons. The van der Waals surface area contributed by atoms with E-state index in [-0.39, 0.29) is 18.4 Å². The standard InChI is InChI=1S/C10H19N3O.ClH/c1-13(9-3-2-6-11-7-9)10(14)12-8-4-5-8;/h8-9,11H,2-7H2,1H3,(H,12,14);1H/t9-;/m0./s1. The number of rotatable bonds is 2. The van der Waals surface area contributed by atoms with Gasteiger partial charge in [0.2, 0.25) is 0 Å². The molecule has 0 aromatic rings. The van der Waals surface area contributed by atoms with Crippen molar-refractivity contribution in [2.24, 2.45) is 0 Å². The van der Waals surface area contributed by atoms with Gasteiger partial charge in [0.1, 0.15) is 0 Å². The Morgan fingerprint density at radius 3 is 2.67 bits per heavy atom. The molecule has 2 fully saturated rings. The number of nitrogens with one attached hydrogen (secondary N) is 2. The Bertz CT molecular complexity index is 215. The molecule has 0 aromatic carbocycles. The van der Waals surface area contributed by atoms with E-state index in [9.17, 15) is 4.79 Å². The summed E-state index contributed by atoms with van der Waals surface area (Å²) in [5.74, 6) is 0. The summed E-state index contributed by atoms with van der Waals surface area (Å²) in [4.78, 5) is 13.5. The van der Waals surface area contributed by atoms with Crippen molar-refractivity contribution in [2.45, 2.75) is 37.8 Å². The molecule has 2 amide bonds. The topological polar surface area (TPSA) is 44.4 Å². The highest BCUT2D eigenvalue weighted by Crippen LogP contribution is 2.19. The molecule has 1 saturated heterocycles. The number of piperidine rings is 1. The zero-order valence-corrected chi connectivity index (χ0v) is 9.98. The number of hydrogen-bond donors (Lipinski definition) is 2. The Morgan fingerprint density at radius 2 is 2.13 bits per heavy atom. The van der Waals surface area contributed by atoms with Crippen molar-refractivity contribution < 1.29 is 4.79 Å². The van der Waals surface area contributed by atoms with E-state index in [0.29, 0.717) is 12.1 Å². The predicted octanol–water partition coefficient (Wildman–Crippen LogP) is 0.964. The van der Waals surface area contributed by atoms with Gasteiger partial charge in [0.05, 0.1) is 0 Å². The first-order chi connectivity index (χ1) is 6.77. The second-order valence-electron chi connectivity index (χ2n) is 4.33. The van der Waals surface area contributed by atoms with Crippen LogP contribution in [-0.2, 0) is 0 Å². The van der Waals surface area contributed by atoms with Gasteiger partial charge in [-0.25, -0.2) is 4.79 Å². The average molecular weight is 234 g/mol. The highest BCUT2D eigenvalue weighted by molar-refractivity contribution is 5.85. The highest BCUT2D eigenvalue weighted by atomic mass is 35.5. The van der Waals surface area contributed by atoms with Gasteiger partial charge < -0.3 is 15.5 Å². The van der Waals surface area contributed by atoms with E-state index in [0.717, 1.165) is 32.4 Å². The summed E-state index contributed by atoms with van der Waals surface area (Å²) in [6.45, 7) is 2.03. The van der Waals surface area contributed by atoms with Gasteiger partial charge in [0, 0.05) is 25.7 Å². The van der Waals surface area contributed by atoms with Crippen molar-refractivity contribution in [1.29, 1.82) is 0 Å². The molecule has 2 N–H and O–H groups in total. The van der Waals surface area contributed by atoms with Crippen molar-refractivity contribution in [2.75, 3.05) is 20.1 Å². The lowest BCUT2D eigenvalue weighted by Crippen LogP contribution is -2.50. The minimum absolute atomic E-state index is 0. The Kier molecular flexibility index (Phi) is 4.67. The van der Waals surface area contributed by atoms with E-state index in [1.807, 2.05) is 11.9 Å². The minimum Gasteiger partial charge on any atom is -0.335 e. The van der Waals surface area contributed by atoms with Crippen molar-refractivity contribution in [3.63, 3.8) is 0 Å². The summed E-state index contributed by atoms with van der Waals surface area (Å²) >= 11 is 0. The van der Waals surface area contributed by atoms with Gasteiger partial charge in [0.15, 0.2) is 0 Å². The summed E-state index contributed by atoms with van der Waals surface area (Å²) in [6, 6.07) is 0.935. The third-order valence-corrected chi connectivity index (χ3v) is 3.04. The van der Waals surface area contributed by atoms with Crippen molar-refractivity contribution in [1.82, 2.24) is 15.5 Å². The maximum atomic E-state index is 11.7. The molecule has 0 aromatic heterocycles.